The van der Waals surface area contributed by atoms with Crippen LogP contribution in [0.2, 0.25) is 0 Å². The fraction of sp³-hybridized carbons (Fsp3) is 0.292. The maximum absolute atomic E-state index is 14.5. The number of alkyl carbamates (subject to hydrolysis) is 2. The van der Waals surface area contributed by atoms with Crippen molar-refractivity contribution < 1.29 is 57.1 Å². The Morgan fingerprint density at radius 1 is 0.565 bits per heavy atom. The summed E-state index contributed by atoms with van der Waals surface area (Å²) in [5.41, 5.74) is 3.63. The minimum absolute atomic E-state index is 0.00174. The van der Waals surface area contributed by atoms with Gasteiger partial charge in [-0.25, -0.2) is 19.2 Å². The van der Waals surface area contributed by atoms with E-state index in [9.17, 15) is 19.2 Å². The number of rotatable bonds is 16. The molecule has 322 valence electrons. The summed E-state index contributed by atoms with van der Waals surface area (Å²) in [5, 5.41) is 5.32. The second-order valence-electron chi connectivity index (χ2n) is 14.7. The molecule has 2 fully saturated rings. The van der Waals surface area contributed by atoms with Gasteiger partial charge in [0, 0.05) is 25.5 Å². The Bertz CT molecular complexity index is 2180. The largest absolute Gasteiger partial charge is 0.454 e. The predicted molar refractivity (Wildman–Crippen MR) is 223 cm³/mol. The van der Waals surface area contributed by atoms with E-state index in [4.69, 9.17) is 37.9 Å². The number of carbonyl (C=O) groups excluding carboxylic acids is 4. The highest BCUT2D eigenvalue weighted by Crippen LogP contribution is 2.37. The van der Waals surface area contributed by atoms with E-state index in [0.717, 1.165) is 22.3 Å². The number of fused-ring (bicyclic) bond motifs is 1. The summed E-state index contributed by atoms with van der Waals surface area (Å²) in [5.74, 6) is -1.77. The molecule has 2 aliphatic heterocycles. The van der Waals surface area contributed by atoms with Crippen molar-refractivity contribution in [2.45, 2.75) is 75.1 Å². The molecule has 0 saturated carbocycles. The Morgan fingerprint density at radius 3 is 1.44 bits per heavy atom. The lowest BCUT2D eigenvalue weighted by Crippen LogP contribution is -2.65. The van der Waals surface area contributed by atoms with Crippen LogP contribution in [0.1, 0.15) is 34.1 Å². The first-order valence-electron chi connectivity index (χ1n) is 20.3. The molecule has 5 aromatic carbocycles. The van der Waals surface area contributed by atoms with Crippen LogP contribution in [-0.4, -0.2) is 80.6 Å². The molecule has 0 aliphatic carbocycles. The van der Waals surface area contributed by atoms with Crippen LogP contribution in [0.5, 0.6) is 0 Å². The first kappa shape index (κ1) is 43.5. The fourth-order valence-electron chi connectivity index (χ4n) is 7.11. The van der Waals surface area contributed by atoms with E-state index in [1.165, 1.54) is 7.11 Å². The molecule has 3 unspecified atom stereocenters. The second-order valence-corrected chi connectivity index (χ2v) is 14.7. The molecule has 0 aromatic heterocycles. The van der Waals surface area contributed by atoms with Crippen LogP contribution in [0.25, 0.3) is 0 Å². The third-order valence-corrected chi connectivity index (χ3v) is 10.2. The molecule has 2 amide bonds. The van der Waals surface area contributed by atoms with Gasteiger partial charge in [-0.2, -0.15) is 0 Å². The summed E-state index contributed by atoms with van der Waals surface area (Å²) in [7, 11) is 1.35. The van der Waals surface area contributed by atoms with E-state index >= 15 is 0 Å². The van der Waals surface area contributed by atoms with Gasteiger partial charge in [0.2, 0.25) is 0 Å². The molecule has 14 nitrogen and oxygen atoms in total. The number of carbonyl (C=O) groups is 4. The zero-order valence-corrected chi connectivity index (χ0v) is 34.0. The van der Waals surface area contributed by atoms with Crippen molar-refractivity contribution in [2.75, 3.05) is 13.7 Å². The monoisotopic (exact) mass is 844 g/mol. The Morgan fingerprint density at radius 2 is 0.984 bits per heavy atom. The van der Waals surface area contributed by atoms with Gasteiger partial charge in [-0.15, -0.1) is 0 Å². The van der Waals surface area contributed by atoms with Crippen LogP contribution < -0.4 is 10.6 Å². The van der Waals surface area contributed by atoms with Gasteiger partial charge in [0.25, 0.3) is 0 Å². The van der Waals surface area contributed by atoms with Crippen molar-refractivity contribution in [3.8, 4) is 0 Å². The predicted octanol–water partition coefficient (Wildman–Crippen LogP) is 6.37. The number of esters is 2. The lowest BCUT2D eigenvalue weighted by molar-refractivity contribution is -0.359. The van der Waals surface area contributed by atoms with E-state index in [1.54, 1.807) is 36.4 Å². The topological polar surface area (TPSA) is 166 Å². The van der Waals surface area contributed by atoms with Gasteiger partial charge in [0.1, 0.15) is 37.5 Å². The zero-order valence-electron chi connectivity index (χ0n) is 34.0. The Balaban J connectivity index is 1.16. The molecule has 5 aromatic rings. The highest BCUT2D eigenvalue weighted by Gasteiger charge is 2.55. The molecule has 2 aliphatic rings. The molecule has 7 rings (SSSR count). The highest BCUT2D eigenvalue weighted by atomic mass is 16.8. The molecule has 8 atom stereocenters. The minimum atomic E-state index is -1.45. The molecular formula is C48H48N2O12. The summed E-state index contributed by atoms with van der Waals surface area (Å²) in [6, 6.07) is 42.9. The fourth-order valence-corrected chi connectivity index (χ4v) is 7.11. The van der Waals surface area contributed by atoms with Crippen molar-refractivity contribution in [1.82, 2.24) is 10.6 Å². The van der Waals surface area contributed by atoms with Gasteiger partial charge in [-0.05, 0) is 22.3 Å². The Hall–Kier alpha value is -6.58. The van der Waals surface area contributed by atoms with Crippen LogP contribution in [-0.2, 0) is 73.5 Å². The Kier molecular flexibility index (Phi) is 15.3. The third kappa shape index (κ3) is 12.0. The Labute approximate surface area is 359 Å². The molecule has 14 heteroatoms. The zero-order chi connectivity index (χ0) is 43.1. The van der Waals surface area contributed by atoms with Gasteiger partial charge >= 0.3 is 24.1 Å². The van der Waals surface area contributed by atoms with Crippen LogP contribution in [0.15, 0.2) is 152 Å². The van der Waals surface area contributed by atoms with E-state index in [1.807, 2.05) is 115 Å². The van der Waals surface area contributed by atoms with Crippen molar-refractivity contribution in [3.63, 3.8) is 0 Å². The number of amides is 2. The lowest BCUT2D eigenvalue weighted by Gasteiger charge is -2.48. The SMILES string of the molecule is CO[C@H]1OC2CO[C@H](c3ccccc3)O[C@H]2C(OC(=O)[C@H](Cc2ccccc2)NC(=O)OCc2ccccc2)C1OC(=O)[C@@H](Cc1ccccc1)NC(=O)OCc1ccccc1. The number of nitrogens with one attached hydrogen (secondary N) is 2. The van der Waals surface area contributed by atoms with Crippen molar-refractivity contribution in [3.05, 3.63) is 179 Å². The molecule has 2 N–H and O–H groups in total. The van der Waals surface area contributed by atoms with Crippen LogP contribution >= 0.6 is 0 Å². The molecule has 0 bridgehead atoms. The van der Waals surface area contributed by atoms with Gasteiger partial charge in [-0.1, -0.05) is 152 Å². The van der Waals surface area contributed by atoms with Crippen LogP contribution in [0.4, 0.5) is 9.59 Å². The number of methoxy groups -OCH3 is 1. The maximum atomic E-state index is 14.5. The standard InChI is InChI=1S/C48H48N2O12/c1-55-46-42(61-44(52)38(28-33-19-9-3-10-20-33)50-48(54)58-30-35-23-13-5-14-24-35)41(40-39(59-46)31-56-45(62-40)36-25-15-6-16-26-36)60-43(51)37(27-32-17-7-2-8-18-32)49-47(53)57-29-34-21-11-4-12-22-34/h2-26,37-42,45-46H,27-31H2,1H3,(H,49,53)(H,50,54)/t37-,38+,39?,40+,41?,42?,45-,46-/m0/s1. The van der Waals surface area contributed by atoms with Crippen molar-refractivity contribution >= 4 is 24.1 Å². The normalized spacial score (nSPS) is 21.5. The summed E-state index contributed by atoms with van der Waals surface area (Å²) >= 11 is 0. The first-order chi connectivity index (χ1) is 30.3. The molecule has 2 saturated heterocycles. The minimum Gasteiger partial charge on any atom is -0.454 e. The van der Waals surface area contributed by atoms with Crippen molar-refractivity contribution in [1.29, 1.82) is 0 Å². The van der Waals surface area contributed by atoms with Crippen molar-refractivity contribution in [2.24, 2.45) is 0 Å². The lowest BCUT2D eigenvalue weighted by atomic mass is 9.96. The quantitative estimate of drug-likeness (QED) is 0.0834. The number of ether oxygens (including phenoxy) is 8. The average Bonchev–Trinajstić information content (AvgIpc) is 3.31. The van der Waals surface area contributed by atoms with Gasteiger partial charge in [0.05, 0.1) is 6.61 Å². The average molecular weight is 845 g/mol. The summed E-state index contributed by atoms with van der Waals surface area (Å²) in [6.07, 6.45) is -8.61. The number of benzene rings is 5. The van der Waals surface area contributed by atoms with Gasteiger partial charge in [-0.3, -0.25) is 0 Å². The summed E-state index contributed by atoms with van der Waals surface area (Å²) < 4.78 is 48.0. The van der Waals surface area contributed by atoms with Crippen LogP contribution in [0.3, 0.4) is 0 Å². The smallest absolute Gasteiger partial charge is 0.408 e. The molecular weight excluding hydrogens is 797 g/mol. The molecule has 0 spiro atoms. The van der Waals surface area contributed by atoms with E-state index in [-0.39, 0.29) is 32.7 Å². The third-order valence-electron chi connectivity index (χ3n) is 10.2. The maximum Gasteiger partial charge on any atom is 0.408 e. The summed E-state index contributed by atoms with van der Waals surface area (Å²) in [4.78, 5) is 55.4. The van der Waals surface area contributed by atoms with E-state index in [2.05, 4.69) is 10.6 Å². The van der Waals surface area contributed by atoms with Gasteiger partial charge in [0.15, 0.2) is 24.8 Å². The highest BCUT2D eigenvalue weighted by molar-refractivity contribution is 5.83. The number of hydrogen-bond acceptors (Lipinski definition) is 12. The molecule has 0 radical (unpaired) electrons. The second kappa shape index (κ2) is 21.8. The van der Waals surface area contributed by atoms with E-state index < -0.39 is 73.2 Å². The van der Waals surface area contributed by atoms with Crippen LogP contribution in [0, 0.1) is 0 Å². The molecule has 2 heterocycles. The first-order valence-corrected chi connectivity index (χ1v) is 20.3. The number of hydrogen-bond donors (Lipinski definition) is 2. The molecule has 62 heavy (non-hydrogen) atoms. The van der Waals surface area contributed by atoms with Gasteiger partial charge < -0.3 is 48.5 Å². The van der Waals surface area contributed by atoms with E-state index in [0.29, 0.717) is 5.56 Å². The summed E-state index contributed by atoms with van der Waals surface area (Å²) in [6.45, 7) is -0.0749.